The number of ether oxygens (including phenoxy) is 2. The predicted octanol–water partition coefficient (Wildman–Crippen LogP) is 3.00. The quantitative estimate of drug-likeness (QED) is 0.243. The lowest BCUT2D eigenvalue weighted by Crippen LogP contribution is -2.40. The van der Waals surface area contributed by atoms with Gasteiger partial charge in [0.05, 0.1) is 24.5 Å². The maximum atomic E-state index is 14.6. The molecule has 4 aromatic rings. The summed E-state index contributed by atoms with van der Waals surface area (Å²) in [5.74, 6) is -0.390. The van der Waals surface area contributed by atoms with E-state index < -0.39 is 11.3 Å². The Balaban J connectivity index is 1.49. The molecular formula is C24H22FN7O3S. The maximum absolute atomic E-state index is 14.6. The number of halogens is 1. The number of nitrogens with one attached hydrogen (secondary N) is 2. The van der Waals surface area contributed by atoms with Crippen LogP contribution < -0.4 is 15.1 Å². The Kier molecular flexibility index (Phi) is 6.29. The highest BCUT2D eigenvalue weighted by atomic mass is 32.2. The molecule has 0 saturated carbocycles. The van der Waals surface area contributed by atoms with Crippen molar-refractivity contribution < 1.29 is 18.7 Å². The van der Waals surface area contributed by atoms with Gasteiger partial charge in [-0.05, 0) is 24.3 Å². The van der Waals surface area contributed by atoms with Crippen LogP contribution >= 0.6 is 11.8 Å². The largest absolute Gasteiger partial charge is 0.481 e. The van der Waals surface area contributed by atoms with Gasteiger partial charge in [-0.3, -0.25) is 29.8 Å². The molecule has 0 radical (unpaired) electrons. The third-order valence-electron chi connectivity index (χ3n) is 5.71. The number of nitrogens with zero attached hydrogens (tertiary/aromatic N) is 5. The Hall–Kier alpha value is -4.03. The van der Waals surface area contributed by atoms with Crippen LogP contribution in [0.1, 0.15) is 0 Å². The van der Waals surface area contributed by atoms with Crippen molar-refractivity contribution in [2.45, 2.75) is 4.90 Å². The normalized spacial score (nSPS) is 13.1. The Bertz CT molecular complexity index is 1570. The number of aryl methyl sites for hydroxylation is 1. The average molecular weight is 508 g/mol. The second-order valence-corrected chi connectivity index (χ2v) is 9.15. The summed E-state index contributed by atoms with van der Waals surface area (Å²) >= 11 is 1.06. The second-order valence-electron chi connectivity index (χ2n) is 8.08. The fourth-order valence-electron chi connectivity index (χ4n) is 3.93. The van der Waals surface area contributed by atoms with Gasteiger partial charge in [-0.1, -0.05) is 11.8 Å². The molecule has 12 heteroatoms. The molecule has 0 fully saturated rings. The van der Waals surface area contributed by atoms with Crippen LogP contribution in [0.25, 0.3) is 22.0 Å². The van der Waals surface area contributed by atoms with Crippen molar-refractivity contribution in [3.8, 4) is 16.9 Å². The van der Waals surface area contributed by atoms with E-state index >= 15 is 0 Å². The number of aromatic nitrogens is 4. The molecule has 0 bridgehead atoms. The van der Waals surface area contributed by atoms with E-state index in [0.717, 1.165) is 11.8 Å². The number of rotatable bonds is 5. The van der Waals surface area contributed by atoms with Crippen LogP contribution in [0.3, 0.4) is 0 Å². The Labute approximate surface area is 209 Å². The molecular weight excluding hydrogens is 485 g/mol. The van der Waals surface area contributed by atoms with Crippen LogP contribution in [0.15, 0.2) is 53.9 Å². The monoisotopic (exact) mass is 507 g/mol. The Morgan fingerprint density at radius 1 is 1.25 bits per heavy atom. The van der Waals surface area contributed by atoms with Crippen molar-refractivity contribution in [2.75, 3.05) is 31.8 Å². The molecule has 0 saturated heterocycles. The minimum Gasteiger partial charge on any atom is -0.481 e. The second kappa shape index (κ2) is 9.55. The van der Waals surface area contributed by atoms with Gasteiger partial charge in [0.2, 0.25) is 0 Å². The molecule has 3 aromatic heterocycles. The van der Waals surface area contributed by atoms with Crippen molar-refractivity contribution in [3.05, 3.63) is 60.4 Å². The van der Waals surface area contributed by atoms with Crippen LogP contribution in [0.2, 0.25) is 0 Å². The van der Waals surface area contributed by atoms with Crippen LogP contribution in [-0.4, -0.2) is 57.3 Å². The smallest absolute Gasteiger partial charge is 0.265 e. The number of hydrogen-bond donors (Lipinski definition) is 2. The highest BCUT2D eigenvalue weighted by Crippen LogP contribution is 2.39. The lowest BCUT2D eigenvalue weighted by molar-refractivity contribution is -0.121. The number of carbonyl (C=O) groups is 1. The molecule has 5 rings (SSSR count). The molecule has 1 aliphatic rings. The first-order chi connectivity index (χ1) is 17.4. The zero-order valence-corrected chi connectivity index (χ0v) is 20.3. The molecule has 1 amide bonds. The summed E-state index contributed by atoms with van der Waals surface area (Å²) in [6, 6.07) is 6.67. The summed E-state index contributed by atoms with van der Waals surface area (Å²) in [7, 11) is 3.33. The number of methoxy groups -OCH3 is 1. The molecule has 0 spiro atoms. The molecule has 10 nitrogen and oxygen atoms in total. The van der Waals surface area contributed by atoms with Gasteiger partial charge in [-0.15, -0.1) is 0 Å². The molecule has 4 heterocycles. The van der Waals surface area contributed by atoms with E-state index in [9.17, 15) is 9.18 Å². The summed E-state index contributed by atoms with van der Waals surface area (Å²) < 4.78 is 28.3. The fraction of sp³-hybridized carbons (Fsp3) is 0.208. The summed E-state index contributed by atoms with van der Waals surface area (Å²) in [5, 5.41) is 21.5. The SMILES string of the molecule is COCCN1C(=O)COc2c1cnc1ccc(SC(=N)n3cc(-c4cnn(C)c4)cc(F)c3=N)cc21. The topological polar surface area (TPSA) is 122 Å². The zero-order valence-electron chi connectivity index (χ0n) is 19.5. The van der Waals surface area contributed by atoms with Gasteiger partial charge in [-0.25, -0.2) is 4.39 Å². The number of pyridine rings is 2. The number of benzene rings is 1. The van der Waals surface area contributed by atoms with Crippen LogP contribution in [-0.2, 0) is 16.6 Å². The molecule has 184 valence electrons. The first kappa shape index (κ1) is 23.7. The predicted molar refractivity (Wildman–Crippen MR) is 133 cm³/mol. The molecule has 1 aliphatic heterocycles. The average Bonchev–Trinajstić information content (AvgIpc) is 3.30. The summed E-state index contributed by atoms with van der Waals surface area (Å²) in [4.78, 5) is 19.1. The van der Waals surface area contributed by atoms with E-state index in [2.05, 4.69) is 10.1 Å². The van der Waals surface area contributed by atoms with Gasteiger partial charge in [-0.2, -0.15) is 5.10 Å². The third kappa shape index (κ3) is 4.36. The maximum Gasteiger partial charge on any atom is 0.265 e. The van der Waals surface area contributed by atoms with Crippen LogP contribution in [0.4, 0.5) is 10.1 Å². The number of carbonyl (C=O) groups excluding carboxylic acids is 1. The summed E-state index contributed by atoms with van der Waals surface area (Å²) in [6.07, 6.45) is 6.48. The number of fused-ring (bicyclic) bond motifs is 3. The number of hydrogen-bond acceptors (Lipinski definition) is 8. The minimum atomic E-state index is -0.743. The Morgan fingerprint density at radius 3 is 2.83 bits per heavy atom. The van der Waals surface area contributed by atoms with Crippen molar-refractivity contribution in [1.82, 2.24) is 19.3 Å². The van der Waals surface area contributed by atoms with Gasteiger partial charge >= 0.3 is 0 Å². The molecule has 36 heavy (non-hydrogen) atoms. The molecule has 0 aliphatic carbocycles. The molecule has 0 unspecified atom stereocenters. The first-order valence-corrected chi connectivity index (χ1v) is 11.7. The van der Waals surface area contributed by atoms with Crippen molar-refractivity contribution >= 4 is 39.4 Å². The van der Waals surface area contributed by atoms with Crippen molar-refractivity contribution in [3.63, 3.8) is 0 Å². The van der Waals surface area contributed by atoms with E-state index in [-0.39, 0.29) is 17.7 Å². The number of thioether (sulfide) groups is 1. The lowest BCUT2D eigenvalue weighted by atomic mass is 10.1. The highest BCUT2D eigenvalue weighted by Gasteiger charge is 2.27. The van der Waals surface area contributed by atoms with E-state index in [0.29, 0.717) is 51.5 Å². The van der Waals surface area contributed by atoms with Crippen LogP contribution in [0.5, 0.6) is 5.75 Å². The number of amides is 1. The number of anilines is 1. The zero-order chi connectivity index (χ0) is 25.4. The lowest BCUT2D eigenvalue weighted by Gasteiger charge is -2.29. The third-order valence-corrected chi connectivity index (χ3v) is 6.59. The van der Waals surface area contributed by atoms with Crippen LogP contribution in [0, 0.1) is 16.6 Å². The van der Waals surface area contributed by atoms with Gasteiger partial charge in [0.15, 0.2) is 28.8 Å². The van der Waals surface area contributed by atoms with Gasteiger partial charge in [0.25, 0.3) is 5.91 Å². The summed E-state index contributed by atoms with van der Waals surface area (Å²) in [6.45, 7) is 0.652. The fourth-order valence-corrected chi connectivity index (χ4v) is 4.71. The Morgan fingerprint density at radius 2 is 2.08 bits per heavy atom. The minimum absolute atomic E-state index is 0.0560. The standard InChI is InChI=1S/C24H22FN7O3S/c1-30-11-15(9-29-30)14-7-18(25)23(26)32(12-14)24(27)36-16-3-4-19-17(8-16)22-20(10-28-19)31(5-6-34-2)21(33)13-35-22/h3-4,7-12,26-27H,5-6,13H2,1-2H3. The highest BCUT2D eigenvalue weighted by molar-refractivity contribution is 8.13. The van der Waals surface area contributed by atoms with E-state index in [1.54, 1.807) is 60.7 Å². The van der Waals surface area contributed by atoms with E-state index in [1.165, 1.54) is 10.6 Å². The molecule has 1 aromatic carbocycles. The van der Waals surface area contributed by atoms with Crippen molar-refractivity contribution in [1.29, 1.82) is 10.8 Å². The van der Waals surface area contributed by atoms with Gasteiger partial charge < -0.3 is 14.4 Å². The molecule has 2 N–H and O–H groups in total. The molecule has 0 atom stereocenters. The van der Waals surface area contributed by atoms with E-state index in [4.69, 9.17) is 20.3 Å². The van der Waals surface area contributed by atoms with Crippen molar-refractivity contribution in [2.24, 2.45) is 7.05 Å². The van der Waals surface area contributed by atoms with Gasteiger partial charge in [0.1, 0.15) is 5.69 Å². The summed E-state index contributed by atoms with van der Waals surface area (Å²) in [5.41, 5.74) is 1.99. The van der Waals surface area contributed by atoms with Gasteiger partial charge in [0, 0.05) is 54.5 Å². The van der Waals surface area contributed by atoms with E-state index in [1.807, 2.05) is 6.07 Å². The first-order valence-electron chi connectivity index (χ1n) is 10.9.